The molecule has 0 aliphatic heterocycles. The number of rotatable bonds is 6. The molecule has 2 aliphatic carbocycles. The normalized spacial score (nSPS) is 24.2. The van der Waals surface area contributed by atoms with E-state index in [0.29, 0.717) is 30.5 Å². The molecule has 7 nitrogen and oxygen atoms in total. The van der Waals surface area contributed by atoms with Gasteiger partial charge in [0.25, 0.3) is 0 Å². The molecule has 3 aromatic rings. The number of benzene rings is 1. The fraction of sp³-hybridized carbons (Fsp3) is 0.476. The molecule has 0 amide bonds. The van der Waals surface area contributed by atoms with Crippen molar-refractivity contribution < 1.29 is 10.2 Å². The summed E-state index contributed by atoms with van der Waals surface area (Å²) in [7, 11) is 0. The Morgan fingerprint density at radius 3 is 2.52 bits per heavy atom. The maximum atomic E-state index is 10.3. The zero-order chi connectivity index (χ0) is 20.0. The topological polar surface area (TPSA) is 103 Å². The molecule has 5 rings (SSSR count). The standard InChI is InChI=1S/C21H25N5O2S/c1-11-17(20-24-13-4-2-3-5-16(13)29-20)19(25-18-14(27)8-9-15(18)28)26-21(23-11)22-10-12-6-7-12/h2-5,12,14-15,18,27-28H,6-10H2,1H3,(H2,22,23,25,26)/t14-,15+,18?. The van der Waals surface area contributed by atoms with Crippen LogP contribution in [0, 0.1) is 12.8 Å². The van der Waals surface area contributed by atoms with Crippen LogP contribution >= 0.6 is 11.3 Å². The van der Waals surface area contributed by atoms with Crippen molar-refractivity contribution >= 4 is 33.3 Å². The van der Waals surface area contributed by atoms with Crippen LogP contribution in [0.1, 0.15) is 31.4 Å². The van der Waals surface area contributed by atoms with Crippen molar-refractivity contribution in [3.8, 4) is 10.6 Å². The number of anilines is 2. The fourth-order valence-electron chi connectivity index (χ4n) is 3.86. The van der Waals surface area contributed by atoms with E-state index >= 15 is 0 Å². The smallest absolute Gasteiger partial charge is 0.224 e. The fourth-order valence-corrected chi connectivity index (χ4v) is 4.92. The SMILES string of the molecule is Cc1nc(NCC2CC2)nc(NC2[C@H](O)CC[C@@H]2O)c1-c1nc2ccccc2s1. The molecule has 29 heavy (non-hydrogen) atoms. The third-order valence-corrected chi connectivity index (χ3v) is 6.79. The van der Waals surface area contributed by atoms with Gasteiger partial charge in [-0.3, -0.25) is 0 Å². The summed E-state index contributed by atoms with van der Waals surface area (Å²) in [5.74, 6) is 1.89. The van der Waals surface area contributed by atoms with Crippen LogP contribution in [0.25, 0.3) is 20.8 Å². The minimum atomic E-state index is -0.605. The summed E-state index contributed by atoms with van der Waals surface area (Å²) < 4.78 is 1.10. The lowest BCUT2D eigenvalue weighted by molar-refractivity contribution is 0.120. The zero-order valence-electron chi connectivity index (χ0n) is 16.3. The Morgan fingerprint density at radius 1 is 1.03 bits per heavy atom. The van der Waals surface area contributed by atoms with Crippen molar-refractivity contribution in [3.63, 3.8) is 0 Å². The van der Waals surface area contributed by atoms with Gasteiger partial charge in [-0.25, -0.2) is 9.97 Å². The van der Waals surface area contributed by atoms with Crippen molar-refractivity contribution in [1.82, 2.24) is 15.0 Å². The van der Waals surface area contributed by atoms with Gasteiger partial charge in [0.05, 0.1) is 39.7 Å². The number of hydrogen-bond acceptors (Lipinski definition) is 8. The molecular weight excluding hydrogens is 386 g/mol. The van der Waals surface area contributed by atoms with E-state index in [2.05, 4.69) is 21.7 Å². The first-order valence-corrected chi connectivity index (χ1v) is 11.0. The Bertz CT molecular complexity index is 992. The molecule has 2 heterocycles. The number of aliphatic hydroxyl groups is 2. The van der Waals surface area contributed by atoms with Gasteiger partial charge in [0.15, 0.2) is 0 Å². The summed E-state index contributed by atoms with van der Waals surface area (Å²) in [6.07, 6.45) is 2.44. The second-order valence-corrected chi connectivity index (χ2v) is 9.08. The van der Waals surface area contributed by atoms with E-state index in [1.54, 1.807) is 11.3 Å². The van der Waals surface area contributed by atoms with Gasteiger partial charge < -0.3 is 20.8 Å². The van der Waals surface area contributed by atoms with Gasteiger partial charge in [0.2, 0.25) is 5.95 Å². The van der Waals surface area contributed by atoms with Crippen LogP contribution in [0.4, 0.5) is 11.8 Å². The number of para-hydroxylation sites is 1. The first-order valence-electron chi connectivity index (χ1n) is 10.2. The average Bonchev–Trinajstić information content (AvgIpc) is 3.36. The van der Waals surface area contributed by atoms with E-state index in [1.807, 2.05) is 25.1 Å². The van der Waals surface area contributed by atoms with Crippen LogP contribution in [-0.4, -0.2) is 50.0 Å². The molecule has 4 N–H and O–H groups in total. The van der Waals surface area contributed by atoms with Gasteiger partial charge in [-0.1, -0.05) is 12.1 Å². The summed E-state index contributed by atoms with van der Waals surface area (Å²) >= 11 is 1.60. The molecule has 0 radical (unpaired) electrons. The highest BCUT2D eigenvalue weighted by Crippen LogP contribution is 2.37. The van der Waals surface area contributed by atoms with Crippen LogP contribution in [0.15, 0.2) is 24.3 Å². The molecule has 1 unspecified atom stereocenters. The molecule has 3 atom stereocenters. The zero-order valence-corrected chi connectivity index (χ0v) is 17.1. The maximum absolute atomic E-state index is 10.3. The largest absolute Gasteiger partial charge is 0.391 e. The number of fused-ring (bicyclic) bond motifs is 1. The van der Waals surface area contributed by atoms with Gasteiger partial charge in [-0.15, -0.1) is 11.3 Å². The Kier molecular flexibility index (Phi) is 4.85. The molecule has 8 heteroatoms. The lowest BCUT2D eigenvalue weighted by atomic mass is 10.1. The van der Waals surface area contributed by atoms with Crippen molar-refractivity contribution in [2.75, 3.05) is 17.2 Å². The van der Waals surface area contributed by atoms with Crippen LogP contribution in [0.2, 0.25) is 0 Å². The van der Waals surface area contributed by atoms with Crippen molar-refractivity contribution in [2.45, 2.75) is 50.9 Å². The van der Waals surface area contributed by atoms with Gasteiger partial charge in [-0.2, -0.15) is 4.98 Å². The number of nitrogens with one attached hydrogen (secondary N) is 2. The van der Waals surface area contributed by atoms with Gasteiger partial charge >= 0.3 is 0 Å². The van der Waals surface area contributed by atoms with Gasteiger partial charge in [0, 0.05) is 6.54 Å². The number of aryl methyl sites for hydroxylation is 1. The second-order valence-electron chi connectivity index (χ2n) is 8.05. The third-order valence-electron chi connectivity index (χ3n) is 5.73. The summed E-state index contributed by atoms with van der Waals surface area (Å²) in [5, 5.41) is 28.1. The number of aromatic nitrogens is 3. The van der Waals surface area contributed by atoms with Crippen LogP contribution < -0.4 is 10.6 Å². The highest BCUT2D eigenvalue weighted by atomic mass is 32.1. The van der Waals surface area contributed by atoms with Crippen molar-refractivity contribution in [2.24, 2.45) is 5.92 Å². The van der Waals surface area contributed by atoms with Crippen LogP contribution in [-0.2, 0) is 0 Å². The minimum Gasteiger partial charge on any atom is -0.391 e. The number of hydrogen-bond donors (Lipinski definition) is 4. The van der Waals surface area contributed by atoms with Crippen LogP contribution in [0.5, 0.6) is 0 Å². The second kappa shape index (κ2) is 7.51. The van der Waals surface area contributed by atoms with E-state index < -0.39 is 18.2 Å². The minimum absolute atomic E-state index is 0.450. The molecule has 2 aromatic heterocycles. The van der Waals surface area contributed by atoms with E-state index in [0.717, 1.165) is 33.0 Å². The average molecular weight is 412 g/mol. The summed E-state index contributed by atoms with van der Waals surface area (Å²) in [4.78, 5) is 14.2. The molecule has 1 aromatic carbocycles. The van der Waals surface area contributed by atoms with E-state index in [1.165, 1.54) is 12.8 Å². The highest BCUT2D eigenvalue weighted by molar-refractivity contribution is 7.21. The molecule has 2 saturated carbocycles. The molecule has 152 valence electrons. The molecule has 0 saturated heterocycles. The van der Waals surface area contributed by atoms with Crippen LogP contribution in [0.3, 0.4) is 0 Å². The lowest BCUT2D eigenvalue weighted by Crippen LogP contribution is -2.37. The third kappa shape index (κ3) is 3.80. The Hall–Kier alpha value is -2.29. The van der Waals surface area contributed by atoms with E-state index in [4.69, 9.17) is 9.97 Å². The number of thiazole rings is 1. The lowest BCUT2D eigenvalue weighted by Gasteiger charge is -2.23. The molecule has 0 bridgehead atoms. The molecule has 2 aliphatic rings. The van der Waals surface area contributed by atoms with E-state index in [9.17, 15) is 10.2 Å². The quantitative estimate of drug-likeness (QED) is 0.494. The summed E-state index contributed by atoms with van der Waals surface area (Å²) in [6, 6.07) is 7.58. The predicted molar refractivity (Wildman–Crippen MR) is 115 cm³/mol. The van der Waals surface area contributed by atoms with Gasteiger partial charge in [0.1, 0.15) is 10.8 Å². The van der Waals surface area contributed by atoms with Gasteiger partial charge in [-0.05, 0) is 50.7 Å². The monoisotopic (exact) mass is 411 g/mol. The van der Waals surface area contributed by atoms with Crippen molar-refractivity contribution in [1.29, 1.82) is 0 Å². The predicted octanol–water partition coefficient (Wildman–Crippen LogP) is 3.18. The first-order chi connectivity index (χ1) is 14.1. The maximum Gasteiger partial charge on any atom is 0.224 e. The van der Waals surface area contributed by atoms with Crippen molar-refractivity contribution in [3.05, 3.63) is 30.0 Å². The number of nitrogens with zero attached hydrogens (tertiary/aromatic N) is 3. The first kappa shape index (κ1) is 18.7. The Balaban J connectivity index is 1.55. The molecule has 0 spiro atoms. The molecule has 2 fully saturated rings. The summed E-state index contributed by atoms with van der Waals surface area (Å²) in [5.41, 5.74) is 2.59. The Morgan fingerprint density at radius 2 is 1.79 bits per heavy atom. The number of aliphatic hydroxyl groups excluding tert-OH is 2. The molecular formula is C21H25N5O2S. The van der Waals surface area contributed by atoms with E-state index in [-0.39, 0.29) is 0 Å². The Labute approximate surface area is 173 Å². The highest BCUT2D eigenvalue weighted by Gasteiger charge is 2.35. The summed E-state index contributed by atoms with van der Waals surface area (Å²) in [6.45, 7) is 2.83.